The number of carbonyl (C=O) groups excluding carboxylic acids is 2. The summed E-state index contributed by atoms with van der Waals surface area (Å²) in [4.78, 5) is 37.3. The fourth-order valence-electron chi connectivity index (χ4n) is 3.11. The Morgan fingerprint density at radius 1 is 1.07 bits per heavy atom. The first-order valence-corrected chi connectivity index (χ1v) is 11.2. The molecule has 2 aliphatic carbocycles. The Balaban J connectivity index is 0.000000480. The zero-order chi connectivity index (χ0) is 20.9. The van der Waals surface area contributed by atoms with Gasteiger partial charge in [-0.2, -0.15) is 0 Å². The molecule has 1 fully saturated rings. The van der Waals surface area contributed by atoms with Gasteiger partial charge in [0.25, 0.3) is 0 Å². The minimum atomic E-state index is -0.943. The Morgan fingerprint density at radius 2 is 1.68 bits per heavy atom. The average molecular weight is 411 g/mol. The molecule has 2 rings (SSSR count). The molecule has 0 aromatic heterocycles. The van der Waals surface area contributed by atoms with Crippen LogP contribution in [0.15, 0.2) is 22.8 Å². The van der Waals surface area contributed by atoms with Gasteiger partial charge in [-0.25, -0.2) is 0 Å². The first-order chi connectivity index (χ1) is 13.4. The highest BCUT2D eigenvalue weighted by Crippen LogP contribution is 2.34. The second-order valence-electron chi connectivity index (χ2n) is 6.86. The molecule has 0 aromatic rings. The molecule has 0 atom stereocenters. The smallest absolute Gasteiger partial charge is 0.305 e. The maximum absolute atomic E-state index is 12.0. The number of allylic oxidation sites excluding steroid dienone is 3. The third-order valence-electron chi connectivity index (χ3n) is 4.89. The number of hydrogen-bond donors (Lipinski definition) is 2. The van der Waals surface area contributed by atoms with E-state index in [0.717, 1.165) is 12.8 Å². The topological polar surface area (TPSA) is 86.7 Å². The van der Waals surface area contributed by atoms with Gasteiger partial charge >= 0.3 is 5.97 Å². The van der Waals surface area contributed by atoms with Crippen molar-refractivity contribution in [1.82, 2.24) is 10.2 Å². The third-order valence-corrected chi connectivity index (χ3v) is 6.27. The van der Waals surface area contributed by atoms with E-state index in [1.165, 1.54) is 62.8 Å². The van der Waals surface area contributed by atoms with Crippen LogP contribution in [-0.2, 0) is 14.4 Å². The standard InChI is InChI=1S/C15H19NO4S.C6H15N/c17-12-9-14(21-10-4-2-1-3-5-10)13(18)8-11(12)16-7-6-15(19)20;1-4-7(5-2)6-3/h8-10,16H,1-7H2,(H,19,20);4-6H2,1-3H3. The van der Waals surface area contributed by atoms with E-state index in [9.17, 15) is 14.4 Å². The summed E-state index contributed by atoms with van der Waals surface area (Å²) in [6.45, 7) is 10.3. The van der Waals surface area contributed by atoms with Gasteiger partial charge in [-0.05, 0) is 32.5 Å². The lowest BCUT2D eigenvalue weighted by Crippen LogP contribution is -2.26. The molecule has 0 unspecified atom stereocenters. The predicted molar refractivity (Wildman–Crippen MR) is 114 cm³/mol. The Bertz CT molecular complexity index is 586. The molecule has 7 heteroatoms. The van der Waals surface area contributed by atoms with Gasteiger partial charge in [0.15, 0.2) is 5.78 Å². The molecule has 2 N–H and O–H groups in total. The number of nitrogens with one attached hydrogen (secondary N) is 1. The van der Waals surface area contributed by atoms with E-state index in [2.05, 4.69) is 31.0 Å². The van der Waals surface area contributed by atoms with Gasteiger partial charge in [-0.3, -0.25) is 14.4 Å². The van der Waals surface area contributed by atoms with Crippen molar-refractivity contribution in [2.75, 3.05) is 26.2 Å². The molecule has 0 aliphatic heterocycles. The Hall–Kier alpha value is -1.60. The van der Waals surface area contributed by atoms with Crippen molar-refractivity contribution in [1.29, 1.82) is 0 Å². The van der Waals surface area contributed by atoms with Crippen LogP contribution in [0.5, 0.6) is 0 Å². The predicted octanol–water partition coefficient (Wildman–Crippen LogP) is 3.38. The largest absolute Gasteiger partial charge is 0.481 e. The number of aliphatic carboxylic acids is 1. The number of hydrogen-bond acceptors (Lipinski definition) is 6. The maximum atomic E-state index is 12.0. The minimum Gasteiger partial charge on any atom is -0.481 e. The summed E-state index contributed by atoms with van der Waals surface area (Å²) in [5.74, 6) is -1.36. The van der Waals surface area contributed by atoms with E-state index in [1.54, 1.807) is 0 Å². The van der Waals surface area contributed by atoms with E-state index in [4.69, 9.17) is 5.11 Å². The number of thioether (sulfide) groups is 1. The number of carboxylic acid groups (broad SMARTS) is 1. The van der Waals surface area contributed by atoms with Crippen LogP contribution in [0.4, 0.5) is 0 Å². The average Bonchev–Trinajstić information content (AvgIpc) is 2.68. The van der Waals surface area contributed by atoms with Crippen LogP contribution < -0.4 is 5.32 Å². The summed E-state index contributed by atoms with van der Waals surface area (Å²) < 4.78 is 0. The van der Waals surface area contributed by atoms with Crippen molar-refractivity contribution >= 4 is 29.3 Å². The van der Waals surface area contributed by atoms with Crippen LogP contribution in [0.3, 0.4) is 0 Å². The molecule has 0 amide bonds. The molecular formula is C21H34N2O4S. The summed E-state index contributed by atoms with van der Waals surface area (Å²) in [6.07, 6.45) is 8.39. The number of ketones is 2. The molecular weight excluding hydrogens is 376 g/mol. The quantitative estimate of drug-likeness (QED) is 0.564. The van der Waals surface area contributed by atoms with Crippen LogP contribution >= 0.6 is 11.8 Å². The van der Waals surface area contributed by atoms with Gasteiger partial charge in [-0.1, -0.05) is 40.0 Å². The van der Waals surface area contributed by atoms with Crippen LogP contribution in [-0.4, -0.2) is 59.0 Å². The normalized spacial score (nSPS) is 17.6. The molecule has 2 aliphatic rings. The van der Waals surface area contributed by atoms with Gasteiger partial charge in [0, 0.05) is 23.9 Å². The molecule has 0 radical (unpaired) electrons. The maximum Gasteiger partial charge on any atom is 0.305 e. The number of carbonyl (C=O) groups is 3. The van der Waals surface area contributed by atoms with E-state index in [0.29, 0.717) is 10.2 Å². The van der Waals surface area contributed by atoms with Gasteiger partial charge in [0.1, 0.15) is 0 Å². The molecule has 158 valence electrons. The van der Waals surface area contributed by atoms with Crippen molar-refractivity contribution in [3.05, 3.63) is 22.8 Å². The van der Waals surface area contributed by atoms with Gasteiger partial charge in [0.05, 0.1) is 17.0 Å². The first-order valence-electron chi connectivity index (χ1n) is 10.3. The van der Waals surface area contributed by atoms with Crippen molar-refractivity contribution in [3.8, 4) is 0 Å². The Labute approximate surface area is 172 Å². The summed E-state index contributed by atoms with van der Waals surface area (Å²) in [6, 6.07) is 0. The van der Waals surface area contributed by atoms with E-state index >= 15 is 0 Å². The monoisotopic (exact) mass is 410 g/mol. The molecule has 0 heterocycles. The zero-order valence-electron chi connectivity index (χ0n) is 17.3. The molecule has 0 aromatic carbocycles. The van der Waals surface area contributed by atoms with Crippen molar-refractivity contribution in [2.45, 2.75) is 64.5 Å². The number of carboxylic acids is 1. The highest BCUT2D eigenvalue weighted by Gasteiger charge is 2.24. The fraction of sp³-hybridized carbons (Fsp3) is 0.667. The van der Waals surface area contributed by atoms with Crippen LogP contribution in [0.25, 0.3) is 0 Å². The molecule has 28 heavy (non-hydrogen) atoms. The van der Waals surface area contributed by atoms with Gasteiger partial charge in [-0.15, -0.1) is 11.8 Å². The molecule has 0 saturated heterocycles. The summed E-state index contributed by atoms with van der Waals surface area (Å²) in [5, 5.41) is 11.7. The minimum absolute atomic E-state index is 0.0911. The van der Waals surface area contributed by atoms with Crippen molar-refractivity contribution in [3.63, 3.8) is 0 Å². The highest BCUT2D eigenvalue weighted by molar-refractivity contribution is 8.04. The van der Waals surface area contributed by atoms with Gasteiger partial charge < -0.3 is 15.3 Å². The first kappa shape index (κ1) is 24.4. The summed E-state index contributed by atoms with van der Waals surface area (Å²) in [7, 11) is 0. The lowest BCUT2D eigenvalue weighted by atomic mass is 10.0. The molecule has 1 saturated carbocycles. The molecule has 0 bridgehead atoms. The van der Waals surface area contributed by atoms with Gasteiger partial charge in [0.2, 0.25) is 5.78 Å². The fourth-order valence-corrected chi connectivity index (χ4v) is 4.39. The second kappa shape index (κ2) is 13.6. The van der Waals surface area contributed by atoms with E-state index in [1.807, 2.05) is 0 Å². The Kier molecular flexibility index (Phi) is 11.8. The summed E-state index contributed by atoms with van der Waals surface area (Å²) in [5.41, 5.74) is 0.189. The zero-order valence-corrected chi connectivity index (χ0v) is 18.1. The lowest BCUT2D eigenvalue weighted by Gasteiger charge is -2.22. The Morgan fingerprint density at radius 3 is 2.18 bits per heavy atom. The highest BCUT2D eigenvalue weighted by atomic mass is 32.2. The number of nitrogens with zero attached hydrogens (tertiary/aromatic N) is 1. The molecule has 6 nitrogen and oxygen atoms in total. The third kappa shape index (κ3) is 9.06. The van der Waals surface area contributed by atoms with Crippen molar-refractivity contribution < 1.29 is 19.5 Å². The van der Waals surface area contributed by atoms with Crippen LogP contribution in [0, 0.1) is 0 Å². The molecule has 0 spiro atoms. The van der Waals surface area contributed by atoms with Crippen LogP contribution in [0.1, 0.15) is 59.3 Å². The van der Waals surface area contributed by atoms with Crippen molar-refractivity contribution in [2.24, 2.45) is 0 Å². The SMILES string of the molecule is CCN(CC)CC.O=C(O)CCNC1=CC(=O)C(SC2CCCCC2)=CC1=O. The van der Waals surface area contributed by atoms with E-state index in [-0.39, 0.29) is 30.2 Å². The van der Waals surface area contributed by atoms with Crippen LogP contribution in [0.2, 0.25) is 0 Å². The lowest BCUT2D eigenvalue weighted by molar-refractivity contribution is -0.136. The van der Waals surface area contributed by atoms with E-state index < -0.39 is 5.97 Å². The summed E-state index contributed by atoms with van der Waals surface area (Å²) >= 11 is 1.51. The second-order valence-corrected chi connectivity index (χ2v) is 8.21. The number of rotatable bonds is 9.